The highest BCUT2D eigenvalue weighted by Crippen LogP contribution is 2.43. The second-order valence-electron chi connectivity index (χ2n) is 10.3. The number of benzene rings is 3. The first-order chi connectivity index (χ1) is 18.4. The summed E-state index contributed by atoms with van der Waals surface area (Å²) in [5.74, 6) is -1.45. The number of hydrogen-bond donors (Lipinski definition) is 1. The lowest BCUT2D eigenvalue weighted by atomic mass is 9.75. The van der Waals surface area contributed by atoms with Gasteiger partial charge in [0.2, 0.25) is 0 Å². The van der Waals surface area contributed by atoms with Crippen LogP contribution in [0.25, 0.3) is 11.1 Å². The van der Waals surface area contributed by atoms with Gasteiger partial charge in [-0.2, -0.15) is 0 Å². The predicted octanol–water partition coefficient (Wildman–Crippen LogP) is 9.39. The fraction of sp³-hybridized carbons (Fsp3) is 0.394. The summed E-state index contributed by atoms with van der Waals surface area (Å²) in [6.07, 6.45) is 7.25. The van der Waals surface area contributed by atoms with Crippen molar-refractivity contribution in [2.24, 2.45) is 0 Å². The summed E-state index contributed by atoms with van der Waals surface area (Å²) >= 11 is 0. The van der Waals surface area contributed by atoms with E-state index in [4.69, 9.17) is 4.74 Å². The van der Waals surface area contributed by atoms with Crippen LogP contribution >= 0.6 is 0 Å². The second-order valence-corrected chi connectivity index (χ2v) is 10.3. The summed E-state index contributed by atoms with van der Waals surface area (Å²) in [6, 6.07) is 15.4. The van der Waals surface area contributed by atoms with E-state index in [9.17, 15) is 9.50 Å². The van der Waals surface area contributed by atoms with Gasteiger partial charge in [0.25, 0.3) is 0 Å². The van der Waals surface area contributed by atoms with Gasteiger partial charge in [0, 0.05) is 11.6 Å². The Hall–Kier alpha value is -3.05. The fourth-order valence-electron chi connectivity index (χ4n) is 5.49. The van der Waals surface area contributed by atoms with Gasteiger partial charge >= 0.3 is 0 Å². The normalized spacial score (nSPS) is 18.2. The van der Waals surface area contributed by atoms with Gasteiger partial charge in [-0.05, 0) is 85.1 Å². The number of unbranched alkanes of at least 4 members (excludes halogenated alkanes) is 1. The Morgan fingerprint density at radius 1 is 0.921 bits per heavy atom. The third-order valence-corrected chi connectivity index (χ3v) is 7.68. The van der Waals surface area contributed by atoms with Gasteiger partial charge in [-0.3, -0.25) is 0 Å². The molecule has 0 heterocycles. The molecule has 1 aliphatic rings. The van der Waals surface area contributed by atoms with E-state index in [1.165, 1.54) is 6.07 Å². The van der Waals surface area contributed by atoms with E-state index < -0.39 is 17.7 Å². The predicted molar refractivity (Wildman–Crippen MR) is 147 cm³/mol. The molecular weight excluding hydrogens is 485 g/mol. The standard InChI is InChI=1S/C33H37F3O2/c1-3-5-6-20-38-26-16-17-27(30(34)21-26)22-8-10-23(11-9-22)28-18-19-29(33(36)32(28)35)24-12-14-25(15-13-24)31(37)7-4-2/h3,12-19,21-23,31,37H,1,4-11,20H2,2H3. The van der Waals surface area contributed by atoms with E-state index in [-0.39, 0.29) is 23.2 Å². The van der Waals surface area contributed by atoms with Gasteiger partial charge in [-0.15, -0.1) is 6.58 Å². The monoisotopic (exact) mass is 522 g/mol. The lowest BCUT2D eigenvalue weighted by Gasteiger charge is -2.30. The van der Waals surface area contributed by atoms with Crippen molar-refractivity contribution in [3.8, 4) is 16.9 Å². The van der Waals surface area contributed by atoms with Gasteiger partial charge in [-0.1, -0.05) is 61.9 Å². The maximum Gasteiger partial charge on any atom is 0.166 e. The van der Waals surface area contributed by atoms with Crippen LogP contribution in [0.5, 0.6) is 5.75 Å². The van der Waals surface area contributed by atoms with Gasteiger partial charge in [0.05, 0.1) is 12.7 Å². The van der Waals surface area contributed by atoms with Gasteiger partial charge in [0.15, 0.2) is 11.6 Å². The smallest absolute Gasteiger partial charge is 0.166 e. The Kier molecular flexibility index (Phi) is 9.68. The Balaban J connectivity index is 1.40. The largest absolute Gasteiger partial charge is 0.493 e. The highest BCUT2D eigenvalue weighted by molar-refractivity contribution is 5.65. The maximum atomic E-state index is 15.2. The van der Waals surface area contributed by atoms with Crippen molar-refractivity contribution in [1.82, 2.24) is 0 Å². The molecule has 1 aliphatic carbocycles. The quantitative estimate of drug-likeness (QED) is 0.201. The van der Waals surface area contributed by atoms with Crippen LogP contribution in [0.15, 0.2) is 67.3 Å². The van der Waals surface area contributed by atoms with Crippen LogP contribution in [-0.4, -0.2) is 11.7 Å². The Labute approximate surface area is 224 Å². The number of halogens is 3. The summed E-state index contributed by atoms with van der Waals surface area (Å²) < 4.78 is 50.8. The van der Waals surface area contributed by atoms with E-state index in [0.717, 1.165) is 24.8 Å². The van der Waals surface area contributed by atoms with Crippen molar-refractivity contribution < 1.29 is 23.0 Å². The zero-order chi connectivity index (χ0) is 27.1. The molecule has 0 aliphatic heterocycles. The van der Waals surface area contributed by atoms with Crippen LogP contribution < -0.4 is 4.74 Å². The first kappa shape index (κ1) is 28.0. The molecule has 0 aromatic heterocycles. The van der Waals surface area contributed by atoms with Gasteiger partial charge in [-0.25, -0.2) is 13.2 Å². The molecule has 1 N–H and O–H groups in total. The summed E-state index contributed by atoms with van der Waals surface area (Å²) in [6.45, 7) is 6.20. The molecule has 0 radical (unpaired) electrons. The first-order valence-electron chi connectivity index (χ1n) is 13.7. The molecule has 1 atom stereocenters. The second kappa shape index (κ2) is 13.1. The van der Waals surface area contributed by atoms with E-state index >= 15 is 8.78 Å². The van der Waals surface area contributed by atoms with Crippen LogP contribution in [0.4, 0.5) is 13.2 Å². The third-order valence-electron chi connectivity index (χ3n) is 7.68. The first-order valence-corrected chi connectivity index (χ1v) is 13.7. The number of aliphatic hydroxyl groups is 1. The van der Waals surface area contributed by atoms with Crippen LogP contribution in [0, 0.1) is 17.5 Å². The van der Waals surface area contributed by atoms with Crippen LogP contribution in [-0.2, 0) is 0 Å². The maximum absolute atomic E-state index is 15.2. The number of ether oxygens (including phenoxy) is 1. The average molecular weight is 523 g/mol. The summed E-state index contributed by atoms with van der Waals surface area (Å²) in [7, 11) is 0. The SMILES string of the molecule is C=CCCCOc1ccc(C2CCC(c3ccc(-c4ccc(C(O)CCC)cc4)c(F)c3F)CC2)c(F)c1. The van der Waals surface area contributed by atoms with Crippen LogP contribution in [0.3, 0.4) is 0 Å². The Bertz CT molecular complexity index is 1210. The minimum atomic E-state index is -0.846. The van der Waals surface area contributed by atoms with Gasteiger partial charge < -0.3 is 9.84 Å². The lowest BCUT2D eigenvalue weighted by molar-refractivity contribution is 0.166. The van der Waals surface area contributed by atoms with Crippen molar-refractivity contribution in [3.63, 3.8) is 0 Å². The molecular formula is C33H37F3O2. The molecule has 4 rings (SSSR count). The van der Waals surface area contributed by atoms with Gasteiger partial charge in [0.1, 0.15) is 11.6 Å². The topological polar surface area (TPSA) is 29.5 Å². The van der Waals surface area contributed by atoms with E-state index in [0.29, 0.717) is 61.2 Å². The summed E-state index contributed by atoms with van der Waals surface area (Å²) in [5.41, 5.74) is 2.62. The summed E-state index contributed by atoms with van der Waals surface area (Å²) in [4.78, 5) is 0. The number of aliphatic hydroxyl groups excluding tert-OH is 1. The molecule has 0 spiro atoms. The van der Waals surface area contributed by atoms with Crippen molar-refractivity contribution >= 4 is 0 Å². The third kappa shape index (κ3) is 6.50. The Morgan fingerprint density at radius 3 is 2.21 bits per heavy atom. The van der Waals surface area contributed by atoms with Crippen molar-refractivity contribution in [3.05, 3.63) is 101 Å². The number of rotatable bonds is 11. The molecule has 0 amide bonds. The molecule has 202 valence electrons. The molecule has 1 unspecified atom stereocenters. The van der Waals surface area contributed by atoms with E-state index in [1.54, 1.807) is 42.5 Å². The summed E-state index contributed by atoms with van der Waals surface area (Å²) in [5, 5.41) is 10.2. The van der Waals surface area contributed by atoms with Crippen LogP contribution in [0.1, 0.15) is 92.9 Å². The molecule has 1 saturated carbocycles. The number of hydrogen-bond acceptors (Lipinski definition) is 2. The molecule has 2 nitrogen and oxygen atoms in total. The zero-order valence-corrected chi connectivity index (χ0v) is 22.1. The van der Waals surface area contributed by atoms with Crippen molar-refractivity contribution in [1.29, 1.82) is 0 Å². The molecule has 3 aromatic carbocycles. The molecule has 38 heavy (non-hydrogen) atoms. The van der Waals surface area contributed by atoms with E-state index in [1.807, 2.05) is 19.1 Å². The molecule has 5 heteroatoms. The molecule has 3 aromatic rings. The average Bonchev–Trinajstić information content (AvgIpc) is 2.93. The Morgan fingerprint density at radius 2 is 1.58 bits per heavy atom. The minimum absolute atomic E-state index is 0.0508. The lowest BCUT2D eigenvalue weighted by Crippen LogP contribution is -2.15. The van der Waals surface area contributed by atoms with Crippen molar-refractivity contribution in [2.75, 3.05) is 6.61 Å². The fourth-order valence-corrected chi connectivity index (χ4v) is 5.49. The molecule has 1 fully saturated rings. The molecule has 0 bridgehead atoms. The van der Waals surface area contributed by atoms with Crippen molar-refractivity contribution in [2.45, 2.75) is 76.2 Å². The molecule has 0 saturated heterocycles. The highest BCUT2D eigenvalue weighted by atomic mass is 19.2. The minimum Gasteiger partial charge on any atom is -0.493 e. The highest BCUT2D eigenvalue weighted by Gasteiger charge is 2.28. The number of allylic oxidation sites excluding steroid dienone is 1. The zero-order valence-electron chi connectivity index (χ0n) is 22.1. The van der Waals surface area contributed by atoms with Crippen LogP contribution in [0.2, 0.25) is 0 Å². The van der Waals surface area contributed by atoms with E-state index in [2.05, 4.69) is 6.58 Å².